The summed E-state index contributed by atoms with van der Waals surface area (Å²) in [6.45, 7) is 11.6. The highest BCUT2D eigenvalue weighted by Gasteiger charge is 2.37. The molecule has 1 saturated heterocycles. The van der Waals surface area contributed by atoms with Crippen molar-refractivity contribution in [3.05, 3.63) is 101 Å². The normalized spacial score (nSPS) is 18.4. The first-order chi connectivity index (χ1) is 16.3. The number of hydrogen-bond acceptors (Lipinski definition) is 3. The van der Waals surface area contributed by atoms with Gasteiger partial charge in [0.15, 0.2) is 0 Å². The van der Waals surface area contributed by atoms with Crippen molar-refractivity contribution in [2.75, 3.05) is 19.6 Å². The van der Waals surface area contributed by atoms with Gasteiger partial charge in [-0.3, -0.25) is 14.7 Å². The van der Waals surface area contributed by atoms with E-state index >= 15 is 0 Å². The van der Waals surface area contributed by atoms with Crippen LogP contribution in [0.15, 0.2) is 66.7 Å². The predicted octanol–water partition coefficient (Wildman–Crippen LogP) is 5.60. The molecule has 1 amide bonds. The topological polar surface area (TPSA) is 36.4 Å². The van der Waals surface area contributed by atoms with Gasteiger partial charge in [-0.25, -0.2) is 4.39 Å². The van der Waals surface area contributed by atoms with E-state index in [1.54, 1.807) is 12.1 Å². The zero-order valence-electron chi connectivity index (χ0n) is 20.5. The number of halogens is 1. The molecule has 1 fully saturated rings. The lowest BCUT2D eigenvalue weighted by molar-refractivity contribution is 0.0668. The molecule has 4 rings (SSSR count). The van der Waals surface area contributed by atoms with Gasteiger partial charge in [-0.15, -0.1) is 0 Å². The molecule has 4 nitrogen and oxygen atoms in total. The van der Waals surface area contributed by atoms with Gasteiger partial charge in [0.05, 0.1) is 5.69 Å². The molecule has 0 bridgehead atoms. The summed E-state index contributed by atoms with van der Waals surface area (Å²) < 4.78 is 13.4. The van der Waals surface area contributed by atoms with E-state index in [9.17, 15) is 9.18 Å². The standard InChI is InChI=1S/C29H34FN3O/c1-20(2)33(29(34)23-12-14-25(30)15-13-23)17-24-16-32(18-26-10-7-9-22(4)31-26)19-28(24)27-11-6-5-8-21(27)3/h5-15,20,24,28H,16-19H2,1-4H3. The Morgan fingerprint density at radius 2 is 1.76 bits per heavy atom. The molecular formula is C29H34FN3O. The molecule has 0 aliphatic carbocycles. The van der Waals surface area contributed by atoms with Gasteiger partial charge in [-0.05, 0) is 81.1 Å². The highest BCUT2D eigenvalue weighted by molar-refractivity contribution is 5.94. The predicted molar refractivity (Wildman–Crippen MR) is 134 cm³/mol. The van der Waals surface area contributed by atoms with Crippen molar-refractivity contribution in [2.45, 2.75) is 46.2 Å². The van der Waals surface area contributed by atoms with Crippen molar-refractivity contribution in [2.24, 2.45) is 5.92 Å². The van der Waals surface area contributed by atoms with Crippen molar-refractivity contribution in [3.8, 4) is 0 Å². The maximum atomic E-state index is 13.4. The Bertz CT molecular complexity index is 1130. The number of pyridine rings is 1. The zero-order valence-corrected chi connectivity index (χ0v) is 20.5. The third kappa shape index (κ3) is 5.53. The molecule has 1 aromatic heterocycles. The van der Waals surface area contributed by atoms with Crippen LogP contribution in [0.5, 0.6) is 0 Å². The molecule has 0 saturated carbocycles. The van der Waals surface area contributed by atoms with E-state index in [0.717, 1.165) is 31.0 Å². The maximum Gasteiger partial charge on any atom is 0.254 e. The largest absolute Gasteiger partial charge is 0.336 e. The van der Waals surface area contributed by atoms with Crippen LogP contribution in [0.1, 0.15) is 52.6 Å². The van der Waals surface area contributed by atoms with Crippen molar-refractivity contribution in [1.82, 2.24) is 14.8 Å². The van der Waals surface area contributed by atoms with Gasteiger partial charge in [-0.1, -0.05) is 30.3 Å². The average molecular weight is 460 g/mol. The van der Waals surface area contributed by atoms with Crippen LogP contribution in [0.3, 0.4) is 0 Å². The molecule has 1 aliphatic rings. The molecule has 0 spiro atoms. The number of carbonyl (C=O) groups is 1. The van der Waals surface area contributed by atoms with Gasteiger partial charge in [0.1, 0.15) is 5.82 Å². The number of likely N-dealkylation sites (tertiary alicyclic amines) is 1. The van der Waals surface area contributed by atoms with Crippen LogP contribution in [0.2, 0.25) is 0 Å². The molecule has 3 aromatic rings. The molecule has 0 N–H and O–H groups in total. The number of carbonyl (C=O) groups excluding carboxylic acids is 1. The van der Waals surface area contributed by atoms with Gasteiger partial charge in [0, 0.05) is 49.4 Å². The van der Waals surface area contributed by atoms with Crippen LogP contribution >= 0.6 is 0 Å². The van der Waals surface area contributed by atoms with Crippen LogP contribution < -0.4 is 0 Å². The Kier molecular flexibility index (Phi) is 7.42. The van der Waals surface area contributed by atoms with Crippen LogP contribution in [0.4, 0.5) is 4.39 Å². The van der Waals surface area contributed by atoms with Gasteiger partial charge < -0.3 is 4.90 Å². The van der Waals surface area contributed by atoms with Crippen molar-refractivity contribution in [1.29, 1.82) is 0 Å². The minimum atomic E-state index is -0.330. The van der Waals surface area contributed by atoms with E-state index in [1.165, 1.54) is 23.3 Å². The van der Waals surface area contributed by atoms with Crippen molar-refractivity contribution in [3.63, 3.8) is 0 Å². The summed E-state index contributed by atoms with van der Waals surface area (Å²) in [7, 11) is 0. The van der Waals surface area contributed by atoms with Crippen LogP contribution in [-0.4, -0.2) is 46.4 Å². The van der Waals surface area contributed by atoms with Crippen molar-refractivity contribution < 1.29 is 9.18 Å². The smallest absolute Gasteiger partial charge is 0.254 e. The second-order valence-corrected chi connectivity index (χ2v) is 9.75. The number of rotatable bonds is 7. The molecular weight excluding hydrogens is 425 g/mol. The summed E-state index contributed by atoms with van der Waals surface area (Å²) in [6.07, 6.45) is 0. The fourth-order valence-electron chi connectivity index (χ4n) is 5.09. The maximum absolute atomic E-state index is 13.4. The fourth-order valence-corrected chi connectivity index (χ4v) is 5.09. The Morgan fingerprint density at radius 1 is 1.03 bits per heavy atom. The summed E-state index contributed by atoms with van der Waals surface area (Å²) in [5.41, 5.74) is 5.27. The number of aryl methyl sites for hydroxylation is 2. The summed E-state index contributed by atoms with van der Waals surface area (Å²) in [5.74, 6) is 0.242. The summed E-state index contributed by atoms with van der Waals surface area (Å²) in [5, 5.41) is 0. The summed E-state index contributed by atoms with van der Waals surface area (Å²) >= 11 is 0. The van der Waals surface area contributed by atoms with Crippen LogP contribution in [0, 0.1) is 25.6 Å². The Morgan fingerprint density at radius 3 is 2.44 bits per heavy atom. The number of benzene rings is 2. The second-order valence-electron chi connectivity index (χ2n) is 9.75. The minimum absolute atomic E-state index is 0.0440. The monoisotopic (exact) mass is 459 g/mol. The first-order valence-electron chi connectivity index (χ1n) is 12.1. The molecule has 2 atom stereocenters. The molecule has 2 unspecified atom stereocenters. The quantitative estimate of drug-likeness (QED) is 0.461. The third-order valence-electron chi connectivity index (χ3n) is 6.84. The lowest BCUT2D eigenvalue weighted by Gasteiger charge is -2.32. The van der Waals surface area contributed by atoms with E-state index in [0.29, 0.717) is 18.0 Å². The Hall–Kier alpha value is -3.05. The van der Waals surface area contributed by atoms with E-state index < -0.39 is 0 Å². The van der Waals surface area contributed by atoms with Crippen LogP contribution in [0.25, 0.3) is 0 Å². The molecule has 0 radical (unpaired) electrons. The molecule has 5 heteroatoms. The second kappa shape index (κ2) is 10.5. The minimum Gasteiger partial charge on any atom is -0.336 e. The van der Waals surface area contributed by atoms with E-state index in [1.807, 2.05) is 31.7 Å². The molecule has 34 heavy (non-hydrogen) atoms. The van der Waals surface area contributed by atoms with Crippen molar-refractivity contribution >= 4 is 5.91 Å². The molecule has 1 aliphatic heterocycles. The number of hydrogen-bond donors (Lipinski definition) is 0. The average Bonchev–Trinajstić information content (AvgIpc) is 3.19. The van der Waals surface area contributed by atoms with Gasteiger partial charge >= 0.3 is 0 Å². The first kappa shape index (κ1) is 24.1. The lowest BCUT2D eigenvalue weighted by atomic mass is 9.86. The number of aromatic nitrogens is 1. The number of nitrogens with zero attached hydrogens (tertiary/aromatic N) is 3. The lowest BCUT2D eigenvalue weighted by Crippen LogP contribution is -2.42. The third-order valence-corrected chi connectivity index (χ3v) is 6.84. The highest BCUT2D eigenvalue weighted by atomic mass is 19.1. The molecule has 2 aromatic carbocycles. The SMILES string of the molecule is Cc1cccc(CN2CC(CN(C(=O)c3ccc(F)cc3)C(C)C)C(c3ccccc3C)C2)n1. The Balaban J connectivity index is 1.59. The van der Waals surface area contributed by atoms with E-state index in [4.69, 9.17) is 4.98 Å². The fraction of sp³-hybridized carbons (Fsp3) is 0.379. The first-order valence-corrected chi connectivity index (χ1v) is 12.1. The summed E-state index contributed by atoms with van der Waals surface area (Å²) in [4.78, 5) is 22.5. The molecule has 2 heterocycles. The Labute approximate surface area is 202 Å². The van der Waals surface area contributed by atoms with Gasteiger partial charge in [0.25, 0.3) is 5.91 Å². The summed E-state index contributed by atoms with van der Waals surface area (Å²) in [6, 6.07) is 20.7. The van der Waals surface area contributed by atoms with E-state index in [-0.39, 0.29) is 23.7 Å². The number of amides is 1. The van der Waals surface area contributed by atoms with Gasteiger partial charge in [-0.2, -0.15) is 0 Å². The highest BCUT2D eigenvalue weighted by Crippen LogP contribution is 2.36. The van der Waals surface area contributed by atoms with E-state index in [2.05, 4.69) is 48.2 Å². The van der Waals surface area contributed by atoms with Crippen LogP contribution in [-0.2, 0) is 6.54 Å². The zero-order chi connectivity index (χ0) is 24.2. The molecule has 178 valence electrons. The van der Waals surface area contributed by atoms with Gasteiger partial charge in [0.2, 0.25) is 0 Å².